The number of halogens is 2. The molecule has 0 saturated heterocycles. The number of nitrogens with two attached hydrogens (primary N) is 1. The van der Waals surface area contributed by atoms with Crippen molar-refractivity contribution in [1.82, 2.24) is 4.98 Å². The average molecular weight is 285 g/mol. The second kappa shape index (κ2) is 5.27. The molecule has 0 aliphatic rings. The quantitative estimate of drug-likeness (QED) is 0.392. The zero-order chi connectivity index (χ0) is 14.0. The fourth-order valence-electron chi connectivity index (χ4n) is 1.33. The van der Waals surface area contributed by atoms with Crippen LogP contribution in [0.4, 0.5) is 8.78 Å². The van der Waals surface area contributed by atoms with E-state index in [2.05, 4.69) is 10.1 Å². The Balaban J connectivity index is 2.37. The maximum Gasteiger partial charge on any atom is 0.260 e. The average Bonchev–Trinajstić information content (AvgIpc) is 2.78. The lowest BCUT2D eigenvalue weighted by molar-refractivity contribution is 0.318. The zero-order valence-corrected chi connectivity index (χ0v) is 10.5. The van der Waals surface area contributed by atoms with Crippen LogP contribution in [0.1, 0.15) is 11.3 Å². The molecule has 0 aliphatic heterocycles. The Kier molecular flexibility index (Phi) is 3.70. The van der Waals surface area contributed by atoms with Gasteiger partial charge >= 0.3 is 0 Å². The Bertz CT molecular complexity index is 620. The summed E-state index contributed by atoms with van der Waals surface area (Å²) in [6.45, 7) is 1.70. The minimum Gasteiger partial charge on any atom is -0.439 e. The molecule has 1 heterocycles. The third-order valence-electron chi connectivity index (χ3n) is 2.19. The molecule has 0 saturated carbocycles. The van der Waals surface area contributed by atoms with Crippen LogP contribution in [0.15, 0.2) is 38.1 Å². The van der Waals surface area contributed by atoms with Gasteiger partial charge < -0.3 is 15.4 Å². The molecule has 1 aromatic carbocycles. The smallest absolute Gasteiger partial charge is 0.260 e. The van der Waals surface area contributed by atoms with Crippen LogP contribution in [0.25, 0.3) is 0 Å². The van der Waals surface area contributed by atoms with Crippen LogP contribution < -0.4 is 5.73 Å². The van der Waals surface area contributed by atoms with E-state index in [0.29, 0.717) is 5.69 Å². The van der Waals surface area contributed by atoms with E-state index < -0.39 is 11.6 Å². The minimum absolute atomic E-state index is 0.0505. The van der Waals surface area contributed by atoms with Gasteiger partial charge in [-0.25, -0.2) is 13.8 Å². The first-order valence-electron chi connectivity index (χ1n) is 5.08. The Morgan fingerprint density at radius 3 is 2.53 bits per heavy atom. The summed E-state index contributed by atoms with van der Waals surface area (Å²) in [5, 5.41) is 11.3. The first-order valence-corrected chi connectivity index (χ1v) is 5.90. The molecule has 8 heteroatoms. The van der Waals surface area contributed by atoms with Crippen molar-refractivity contribution >= 4 is 17.6 Å². The molecule has 100 valence electrons. The highest BCUT2D eigenvalue weighted by molar-refractivity contribution is 7.99. The van der Waals surface area contributed by atoms with Gasteiger partial charge in [0.05, 0.1) is 10.6 Å². The van der Waals surface area contributed by atoms with E-state index in [1.807, 2.05) is 0 Å². The molecule has 0 radical (unpaired) electrons. The van der Waals surface area contributed by atoms with E-state index >= 15 is 0 Å². The molecule has 5 nitrogen and oxygen atoms in total. The molecular weight excluding hydrogens is 276 g/mol. The number of aryl methyl sites for hydroxylation is 1. The third kappa shape index (κ3) is 2.84. The van der Waals surface area contributed by atoms with Crippen molar-refractivity contribution in [1.29, 1.82) is 0 Å². The Hall–Kier alpha value is -2.09. The molecule has 0 bridgehead atoms. The highest BCUT2D eigenvalue weighted by Crippen LogP contribution is 2.32. The summed E-state index contributed by atoms with van der Waals surface area (Å²) < 4.78 is 32.6. The molecule has 1 aromatic heterocycles. The van der Waals surface area contributed by atoms with Gasteiger partial charge in [-0.05, 0) is 30.8 Å². The summed E-state index contributed by atoms with van der Waals surface area (Å²) >= 11 is 0.719. The summed E-state index contributed by atoms with van der Waals surface area (Å²) in [4.78, 5) is 3.67. The van der Waals surface area contributed by atoms with Crippen molar-refractivity contribution in [3.63, 3.8) is 0 Å². The SMILES string of the molecule is Cc1coc(Sc2c(F)cc(C(N)=NO)cc2F)n1. The zero-order valence-electron chi connectivity index (χ0n) is 9.72. The summed E-state index contributed by atoms with van der Waals surface area (Å²) in [7, 11) is 0. The van der Waals surface area contributed by atoms with Crippen molar-refractivity contribution in [3.05, 3.63) is 41.3 Å². The number of nitrogens with zero attached hydrogens (tertiary/aromatic N) is 2. The lowest BCUT2D eigenvalue weighted by atomic mass is 10.2. The summed E-state index contributed by atoms with van der Waals surface area (Å²) in [6.07, 6.45) is 1.38. The van der Waals surface area contributed by atoms with Crippen molar-refractivity contribution in [2.45, 2.75) is 17.0 Å². The highest BCUT2D eigenvalue weighted by Gasteiger charge is 2.16. The summed E-state index contributed by atoms with van der Waals surface area (Å²) in [5.41, 5.74) is 5.82. The van der Waals surface area contributed by atoms with Gasteiger partial charge in [0.25, 0.3) is 5.22 Å². The molecule has 0 atom stereocenters. The fraction of sp³-hybridized carbons (Fsp3) is 0.0909. The molecule has 3 N–H and O–H groups in total. The van der Waals surface area contributed by atoms with Crippen LogP contribution in [-0.2, 0) is 0 Å². The standard InChI is InChI=1S/C11H9F2N3O2S/c1-5-4-18-11(15-5)19-9-7(12)2-6(3-8(9)13)10(14)16-17/h2-4,17H,1H3,(H2,14,16). The van der Waals surface area contributed by atoms with Crippen LogP contribution in [0.2, 0.25) is 0 Å². The summed E-state index contributed by atoms with van der Waals surface area (Å²) in [6, 6.07) is 1.94. The Labute approximate surface area is 111 Å². The van der Waals surface area contributed by atoms with E-state index in [9.17, 15) is 8.78 Å². The lowest BCUT2D eigenvalue weighted by Crippen LogP contribution is -2.14. The first-order chi connectivity index (χ1) is 9.01. The van der Waals surface area contributed by atoms with Crippen LogP contribution in [0.3, 0.4) is 0 Å². The van der Waals surface area contributed by atoms with Gasteiger partial charge in [-0.2, -0.15) is 0 Å². The van der Waals surface area contributed by atoms with Crippen molar-refractivity contribution < 1.29 is 18.4 Å². The van der Waals surface area contributed by atoms with Crippen LogP contribution in [0, 0.1) is 18.6 Å². The van der Waals surface area contributed by atoms with E-state index in [1.165, 1.54) is 6.26 Å². The fourth-order valence-corrected chi connectivity index (χ4v) is 2.10. The van der Waals surface area contributed by atoms with E-state index in [-0.39, 0.29) is 21.5 Å². The van der Waals surface area contributed by atoms with Gasteiger partial charge in [-0.15, -0.1) is 0 Å². The normalized spacial score (nSPS) is 11.8. The molecule has 19 heavy (non-hydrogen) atoms. The Morgan fingerprint density at radius 1 is 1.42 bits per heavy atom. The van der Waals surface area contributed by atoms with Gasteiger partial charge in [0.1, 0.15) is 17.9 Å². The molecule has 0 unspecified atom stereocenters. The number of oxazole rings is 1. The first kappa shape index (κ1) is 13.3. The Morgan fingerprint density at radius 2 is 2.05 bits per heavy atom. The second-order valence-electron chi connectivity index (χ2n) is 3.61. The van der Waals surface area contributed by atoms with Gasteiger partial charge in [-0.1, -0.05) is 5.16 Å². The molecule has 0 aliphatic carbocycles. The molecule has 0 spiro atoms. The topological polar surface area (TPSA) is 84.6 Å². The van der Waals surface area contributed by atoms with Crippen molar-refractivity contribution in [3.8, 4) is 0 Å². The number of hydrogen-bond donors (Lipinski definition) is 2. The maximum atomic E-state index is 13.8. The number of oxime groups is 1. The van der Waals surface area contributed by atoms with Crippen LogP contribution in [-0.4, -0.2) is 16.0 Å². The van der Waals surface area contributed by atoms with Crippen LogP contribution in [0.5, 0.6) is 0 Å². The predicted octanol–water partition coefficient (Wildman–Crippen LogP) is 2.51. The van der Waals surface area contributed by atoms with Gasteiger partial charge in [-0.3, -0.25) is 0 Å². The second-order valence-corrected chi connectivity index (χ2v) is 4.57. The predicted molar refractivity (Wildman–Crippen MR) is 64.2 cm³/mol. The van der Waals surface area contributed by atoms with E-state index in [0.717, 1.165) is 23.9 Å². The largest absolute Gasteiger partial charge is 0.439 e. The van der Waals surface area contributed by atoms with Gasteiger partial charge in [0.15, 0.2) is 5.84 Å². The monoisotopic (exact) mass is 285 g/mol. The lowest BCUT2D eigenvalue weighted by Gasteiger charge is -2.05. The number of aromatic nitrogens is 1. The van der Waals surface area contributed by atoms with Crippen molar-refractivity contribution in [2.75, 3.05) is 0 Å². The number of amidine groups is 1. The molecule has 0 fully saturated rings. The maximum absolute atomic E-state index is 13.8. The van der Waals surface area contributed by atoms with Gasteiger partial charge in [0.2, 0.25) is 0 Å². The molecule has 2 rings (SSSR count). The number of rotatable bonds is 3. The molecule has 2 aromatic rings. The summed E-state index contributed by atoms with van der Waals surface area (Å²) in [5.74, 6) is -2.06. The van der Waals surface area contributed by atoms with Crippen molar-refractivity contribution in [2.24, 2.45) is 10.9 Å². The molecular formula is C11H9F2N3O2S. The number of hydrogen-bond acceptors (Lipinski definition) is 5. The third-order valence-corrected chi connectivity index (χ3v) is 3.15. The highest BCUT2D eigenvalue weighted by atomic mass is 32.2. The number of benzene rings is 1. The molecule has 0 amide bonds. The minimum atomic E-state index is -0.845. The van der Waals surface area contributed by atoms with E-state index in [1.54, 1.807) is 6.92 Å². The van der Waals surface area contributed by atoms with Gasteiger partial charge in [0, 0.05) is 5.56 Å². The van der Waals surface area contributed by atoms with Crippen LogP contribution >= 0.6 is 11.8 Å². The van der Waals surface area contributed by atoms with E-state index in [4.69, 9.17) is 15.4 Å².